The van der Waals surface area contributed by atoms with Crippen LogP contribution in [-0.4, -0.2) is 51.4 Å². The largest absolute Gasteiger partial charge is 0.444 e. The molecule has 8 heteroatoms. The van der Waals surface area contributed by atoms with Crippen LogP contribution in [0.3, 0.4) is 0 Å². The average molecular weight is 567 g/mol. The van der Waals surface area contributed by atoms with Gasteiger partial charge in [-0.15, -0.1) is 9.24 Å². The molecule has 2 aromatic rings. The van der Waals surface area contributed by atoms with E-state index in [0.717, 1.165) is 51.4 Å². The molecule has 0 bridgehead atoms. The van der Waals surface area contributed by atoms with E-state index in [9.17, 15) is 9.59 Å². The summed E-state index contributed by atoms with van der Waals surface area (Å²) in [5.41, 5.74) is 3.99. The molecule has 1 N–H and O–H groups in total. The van der Waals surface area contributed by atoms with Crippen LogP contribution in [0.5, 0.6) is 0 Å². The Morgan fingerprint density at radius 2 is 1.75 bits per heavy atom. The van der Waals surface area contributed by atoms with E-state index in [2.05, 4.69) is 43.5 Å². The van der Waals surface area contributed by atoms with E-state index in [0.29, 0.717) is 30.7 Å². The molecule has 1 saturated carbocycles. The number of carbonyl (C=O) groups excluding carboxylic acids is 2. The van der Waals surface area contributed by atoms with Crippen molar-refractivity contribution >= 4 is 26.5 Å². The number of benzene rings is 1. The molecule has 40 heavy (non-hydrogen) atoms. The molecule has 2 amide bonds. The monoisotopic (exact) mass is 566 g/mol. The number of ether oxygens (including phenoxy) is 1. The van der Waals surface area contributed by atoms with Gasteiger partial charge in [-0.25, -0.2) is 4.79 Å². The second kappa shape index (κ2) is 12.6. The van der Waals surface area contributed by atoms with Crippen LogP contribution in [0.25, 0.3) is 0 Å². The Morgan fingerprint density at radius 1 is 1.02 bits per heavy atom. The first-order chi connectivity index (χ1) is 19.2. The number of rotatable bonds is 5. The number of carbonyl (C=O) groups is 2. The lowest BCUT2D eigenvalue weighted by atomic mass is 9.89. The summed E-state index contributed by atoms with van der Waals surface area (Å²) < 4.78 is 7.84. The molecular weight excluding hydrogens is 519 g/mol. The lowest BCUT2D eigenvalue weighted by Crippen LogP contribution is -2.48. The van der Waals surface area contributed by atoms with Crippen LogP contribution in [0.1, 0.15) is 124 Å². The van der Waals surface area contributed by atoms with Gasteiger partial charge in [0, 0.05) is 36.3 Å². The number of likely N-dealkylation sites (tertiary alicyclic amines) is 1. The molecule has 1 aliphatic heterocycles. The molecule has 2 fully saturated rings. The maximum atomic E-state index is 13.8. The van der Waals surface area contributed by atoms with Gasteiger partial charge >= 0.3 is 6.09 Å². The zero-order valence-corrected chi connectivity index (χ0v) is 25.7. The summed E-state index contributed by atoms with van der Waals surface area (Å²) >= 11 is 0. The first-order valence-electron chi connectivity index (χ1n) is 15.4. The van der Waals surface area contributed by atoms with E-state index in [1.165, 1.54) is 47.8 Å². The molecule has 1 aromatic carbocycles. The van der Waals surface area contributed by atoms with E-state index < -0.39 is 5.60 Å². The Morgan fingerprint density at radius 3 is 2.45 bits per heavy atom. The Hall–Kier alpha value is -2.40. The summed E-state index contributed by atoms with van der Waals surface area (Å²) in [6.07, 6.45) is 12.5. The van der Waals surface area contributed by atoms with Crippen molar-refractivity contribution in [3.8, 4) is 0 Å². The van der Waals surface area contributed by atoms with Gasteiger partial charge in [-0.05, 0) is 83.0 Å². The van der Waals surface area contributed by atoms with E-state index >= 15 is 0 Å². The molecule has 2 heterocycles. The Bertz CT molecular complexity index is 1190. The van der Waals surface area contributed by atoms with Gasteiger partial charge in [0.2, 0.25) is 0 Å². The molecule has 0 spiro atoms. The van der Waals surface area contributed by atoms with Crippen molar-refractivity contribution in [3.05, 3.63) is 46.8 Å². The highest BCUT2D eigenvalue weighted by atomic mass is 31.0. The molecule has 0 radical (unpaired) electrons. The number of amides is 2. The first kappa shape index (κ1) is 29.1. The predicted molar refractivity (Wildman–Crippen MR) is 162 cm³/mol. The van der Waals surface area contributed by atoms with Crippen molar-refractivity contribution in [2.24, 2.45) is 0 Å². The first-order valence-corrected chi connectivity index (χ1v) is 16.0. The van der Waals surface area contributed by atoms with Gasteiger partial charge < -0.3 is 15.0 Å². The summed E-state index contributed by atoms with van der Waals surface area (Å²) in [7, 11) is 2.82. The van der Waals surface area contributed by atoms with E-state index in [1.807, 2.05) is 20.8 Å². The van der Waals surface area contributed by atoms with Crippen molar-refractivity contribution < 1.29 is 14.3 Å². The summed E-state index contributed by atoms with van der Waals surface area (Å²) in [5.74, 6) is 0.325. The normalized spacial score (nSPS) is 21.0. The number of hydrogen-bond donors (Lipinski definition) is 1. The summed E-state index contributed by atoms with van der Waals surface area (Å²) in [6.45, 7) is 6.84. The summed E-state index contributed by atoms with van der Waals surface area (Å²) in [4.78, 5) is 28.1. The summed E-state index contributed by atoms with van der Waals surface area (Å²) in [6, 6.07) is 9.19. The lowest BCUT2D eigenvalue weighted by molar-refractivity contribution is 0.0199. The van der Waals surface area contributed by atoms with Crippen LogP contribution in [0, 0.1) is 0 Å². The minimum atomic E-state index is -0.507. The van der Waals surface area contributed by atoms with Crippen molar-refractivity contribution in [1.82, 2.24) is 20.0 Å². The van der Waals surface area contributed by atoms with Crippen LogP contribution in [0.2, 0.25) is 0 Å². The lowest BCUT2D eigenvalue weighted by Gasteiger charge is -2.33. The van der Waals surface area contributed by atoms with E-state index in [-0.39, 0.29) is 18.0 Å². The number of aromatic nitrogens is 2. The van der Waals surface area contributed by atoms with Gasteiger partial charge in [0.25, 0.3) is 5.91 Å². The van der Waals surface area contributed by atoms with Gasteiger partial charge in [0.15, 0.2) is 5.69 Å². The topological polar surface area (TPSA) is 76.5 Å². The van der Waals surface area contributed by atoms with Crippen LogP contribution < -0.4 is 10.6 Å². The third-order valence-electron chi connectivity index (χ3n) is 8.72. The third kappa shape index (κ3) is 7.08. The highest BCUT2D eigenvalue weighted by molar-refractivity contribution is 7.27. The molecule has 7 nitrogen and oxygen atoms in total. The van der Waals surface area contributed by atoms with Gasteiger partial charge in [-0.1, -0.05) is 49.9 Å². The zero-order chi connectivity index (χ0) is 28.3. The highest BCUT2D eigenvalue weighted by Gasteiger charge is 2.34. The average Bonchev–Trinajstić information content (AvgIpc) is 3.18. The van der Waals surface area contributed by atoms with E-state index in [4.69, 9.17) is 9.84 Å². The van der Waals surface area contributed by atoms with Gasteiger partial charge in [-0.2, -0.15) is 5.10 Å². The SMILES string of the molecule is CC(C)(C)OC(=O)N1CCC(NC(=O)c2nn(C3CCCCC3)c3c2CCCCC3Cc2cccc(P)c2)CC1. The zero-order valence-electron chi connectivity index (χ0n) is 24.6. The smallest absolute Gasteiger partial charge is 0.410 e. The molecular formula is C32H47N4O3P. The Labute approximate surface area is 242 Å². The summed E-state index contributed by atoms with van der Waals surface area (Å²) in [5, 5.41) is 9.65. The van der Waals surface area contributed by atoms with Gasteiger partial charge in [0.05, 0.1) is 6.04 Å². The van der Waals surface area contributed by atoms with Crippen LogP contribution in [-0.2, 0) is 17.6 Å². The van der Waals surface area contributed by atoms with Crippen molar-refractivity contribution in [2.45, 2.75) is 121 Å². The highest BCUT2D eigenvalue weighted by Crippen LogP contribution is 2.39. The van der Waals surface area contributed by atoms with Crippen molar-refractivity contribution in [3.63, 3.8) is 0 Å². The van der Waals surface area contributed by atoms with Gasteiger partial charge in [-0.3, -0.25) is 9.48 Å². The quantitative estimate of drug-likeness (QED) is 0.352. The van der Waals surface area contributed by atoms with Crippen LogP contribution >= 0.6 is 9.24 Å². The predicted octanol–water partition coefficient (Wildman–Crippen LogP) is 6.07. The number of fused-ring (bicyclic) bond motifs is 1. The van der Waals surface area contributed by atoms with Crippen LogP contribution in [0.4, 0.5) is 4.79 Å². The number of hydrogen-bond acceptors (Lipinski definition) is 4. The minimum Gasteiger partial charge on any atom is -0.444 e. The van der Waals surface area contributed by atoms with E-state index in [1.54, 1.807) is 4.90 Å². The Balaban J connectivity index is 1.36. The number of nitrogens with zero attached hydrogens (tertiary/aromatic N) is 3. The molecule has 5 rings (SSSR count). The maximum absolute atomic E-state index is 13.8. The minimum absolute atomic E-state index is 0.0352. The molecule has 1 saturated heterocycles. The van der Waals surface area contributed by atoms with Crippen molar-refractivity contribution in [2.75, 3.05) is 13.1 Å². The molecule has 2 unspecified atom stereocenters. The second-order valence-electron chi connectivity index (χ2n) is 13.1. The fraction of sp³-hybridized carbons (Fsp3) is 0.656. The maximum Gasteiger partial charge on any atom is 0.410 e. The second-order valence-corrected chi connectivity index (χ2v) is 13.7. The Kier molecular flexibility index (Phi) is 9.19. The number of piperidine rings is 1. The fourth-order valence-corrected chi connectivity index (χ4v) is 7.09. The molecule has 218 valence electrons. The molecule has 2 aliphatic carbocycles. The number of nitrogens with one attached hydrogen (secondary N) is 1. The molecule has 3 aliphatic rings. The van der Waals surface area contributed by atoms with Gasteiger partial charge in [0.1, 0.15) is 5.60 Å². The third-order valence-corrected chi connectivity index (χ3v) is 9.08. The van der Waals surface area contributed by atoms with Crippen LogP contribution in [0.15, 0.2) is 24.3 Å². The molecule has 2 atom stereocenters. The van der Waals surface area contributed by atoms with Crippen molar-refractivity contribution in [1.29, 1.82) is 0 Å². The standard InChI is InChI=1S/C32H47N4O3P/c1-32(2,3)39-31(38)35-18-16-24(17-19-35)33-30(37)28-27-15-8-7-11-23(20-22-10-9-14-26(40)21-22)29(27)36(34-28)25-12-5-4-6-13-25/h9-10,14,21,23-25H,4-8,11-13,15-20,40H2,1-3H3,(H,33,37). The fourth-order valence-electron chi connectivity index (χ4n) is 6.77. The molecule has 1 aromatic heterocycles.